The molecule has 0 radical (unpaired) electrons. The highest BCUT2D eigenvalue weighted by Crippen LogP contribution is 2.26. The highest BCUT2D eigenvalue weighted by Gasteiger charge is 2.27. The number of hydrogen-bond donors (Lipinski definition) is 0. The minimum absolute atomic E-state index is 0.0624. The van der Waals surface area contributed by atoms with E-state index in [-0.39, 0.29) is 5.91 Å². The first kappa shape index (κ1) is 17.8. The van der Waals surface area contributed by atoms with Gasteiger partial charge in [-0.15, -0.1) is 0 Å². The molecule has 0 unspecified atom stereocenters. The van der Waals surface area contributed by atoms with Crippen LogP contribution in [0, 0.1) is 5.41 Å². The van der Waals surface area contributed by atoms with E-state index in [9.17, 15) is 4.79 Å². The van der Waals surface area contributed by atoms with Gasteiger partial charge in [0, 0.05) is 40.9 Å². The number of carbonyl (C=O) groups is 1. The van der Waals surface area contributed by atoms with E-state index in [2.05, 4.69) is 4.98 Å². The van der Waals surface area contributed by atoms with Crippen LogP contribution in [0.25, 0.3) is 0 Å². The molecule has 0 aliphatic heterocycles. The van der Waals surface area contributed by atoms with Crippen molar-refractivity contribution in [3.05, 3.63) is 63.9 Å². The number of aromatic nitrogens is 1. The highest BCUT2D eigenvalue weighted by molar-refractivity contribution is 6.35. The number of hydrogen-bond acceptors (Lipinski definition) is 2. The number of rotatable bonds is 4. The second-order valence-corrected chi connectivity index (χ2v) is 7.35. The molecule has 0 bridgehead atoms. The van der Waals surface area contributed by atoms with E-state index in [0.717, 1.165) is 11.1 Å². The maximum Gasteiger partial charge on any atom is 0.228 e. The molecule has 3 nitrogen and oxygen atoms in total. The molecule has 0 aliphatic carbocycles. The van der Waals surface area contributed by atoms with Crippen LogP contribution in [0.15, 0.2) is 42.7 Å². The summed E-state index contributed by atoms with van der Waals surface area (Å²) in [6, 6.07) is 9.16. The maximum atomic E-state index is 12.8. The van der Waals surface area contributed by atoms with Crippen LogP contribution < -0.4 is 0 Å². The second-order valence-electron chi connectivity index (χ2n) is 6.51. The van der Waals surface area contributed by atoms with Crippen molar-refractivity contribution < 1.29 is 4.79 Å². The lowest BCUT2D eigenvalue weighted by molar-refractivity contribution is -0.140. The van der Waals surface area contributed by atoms with E-state index in [0.29, 0.717) is 23.1 Å². The first-order valence-corrected chi connectivity index (χ1v) is 8.15. The summed E-state index contributed by atoms with van der Waals surface area (Å²) in [4.78, 5) is 18.7. The predicted molar refractivity (Wildman–Crippen MR) is 94.4 cm³/mol. The van der Waals surface area contributed by atoms with Gasteiger partial charge in [-0.2, -0.15) is 0 Å². The van der Waals surface area contributed by atoms with E-state index < -0.39 is 5.41 Å². The zero-order chi connectivity index (χ0) is 17.0. The van der Waals surface area contributed by atoms with Crippen molar-refractivity contribution in [2.75, 3.05) is 0 Å². The molecule has 1 aromatic carbocycles. The van der Waals surface area contributed by atoms with E-state index in [1.807, 2.05) is 39.0 Å². The molecule has 2 rings (SSSR count). The molecule has 23 heavy (non-hydrogen) atoms. The van der Waals surface area contributed by atoms with Crippen LogP contribution in [0.4, 0.5) is 0 Å². The van der Waals surface area contributed by atoms with Crippen molar-refractivity contribution in [2.24, 2.45) is 5.41 Å². The monoisotopic (exact) mass is 350 g/mol. The Balaban J connectivity index is 2.28. The van der Waals surface area contributed by atoms with Crippen LogP contribution in [0.2, 0.25) is 10.0 Å². The maximum absolute atomic E-state index is 12.8. The number of halogens is 2. The van der Waals surface area contributed by atoms with Gasteiger partial charge in [-0.05, 0) is 29.3 Å². The lowest BCUT2D eigenvalue weighted by Crippen LogP contribution is -2.38. The summed E-state index contributed by atoms with van der Waals surface area (Å²) in [6.07, 6.45) is 3.49. The summed E-state index contributed by atoms with van der Waals surface area (Å²) in [5.74, 6) is 0.0624. The third kappa shape index (κ3) is 4.95. The summed E-state index contributed by atoms with van der Waals surface area (Å²) >= 11 is 12.2. The van der Waals surface area contributed by atoms with Crippen molar-refractivity contribution in [3.63, 3.8) is 0 Å². The Morgan fingerprint density at radius 1 is 1.17 bits per heavy atom. The van der Waals surface area contributed by atoms with Crippen molar-refractivity contribution >= 4 is 29.1 Å². The van der Waals surface area contributed by atoms with Gasteiger partial charge in [-0.25, -0.2) is 0 Å². The van der Waals surface area contributed by atoms with Gasteiger partial charge in [0.25, 0.3) is 0 Å². The van der Waals surface area contributed by atoms with Gasteiger partial charge in [0.2, 0.25) is 5.91 Å². The first-order valence-electron chi connectivity index (χ1n) is 7.39. The highest BCUT2D eigenvalue weighted by atomic mass is 35.5. The van der Waals surface area contributed by atoms with E-state index in [1.54, 1.807) is 29.4 Å². The molecular weight excluding hydrogens is 331 g/mol. The Hall–Kier alpha value is -1.58. The van der Waals surface area contributed by atoms with Crippen LogP contribution in [0.1, 0.15) is 31.9 Å². The van der Waals surface area contributed by atoms with E-state index >= 15 is 0 Å². The average molecular weight is 351 g/mol. The zero-order valence-corrected chi connectivity index (χ0v) is 15.0. The molecule has 0 fully saturated rings. The zero-order valence-electron chi connectivity index (χ0n) is 13.5. The molecule has 0 atom stereocenters. The average Bonchev–Trinajstić information content (AvgIpc) is 2.48. The molecule has 1 heterocycles. The molecular formula is C18H20Cl2N2O. The summed E-state index contributed by atoms with van der Waals surface area (Å²) < 4.78 is 0. The van der Waals surface area contributed by atoms with Crippen LogP contribution in [0.3, 0.4) is 0 Å². The summed E-state index contributed by atoms with van der Waals surface area (Å²) in [6.45, 7) is 6.66. The number of carbonyl (C=O) groups excluding carboxylic acids is 1. The number of benzene rings is 1. The summed E-state index contributed by atoms with van der Waals surface area (Å²) in [7, 11) is 0. The van der Waals surface area contributed by atoms with Crippen LogP contribution in [-0.4, -0.2) is 15.8 Å². The van der Waals surface area contributed by atoms with Crippen molar-refractivity contribution in [2.45, 2.75) is 33.9 Å². The van der Waals surface area contributed by atoms with Gasteiger partial charge in [0.1, 0.15) is 0 Å². The number of amides is 1. The van der Waals surface area contributed by atoms with Gasteiger partial charge in [-0.3, -0.25) is 9.78 Å². The van der Waals surface area contributed by atoms with Gasteiger partial charge < -0.3 is 4.90 Å². The van der Waals surface area contributed by atoms with Crippen molar-refractivity contribution in [1.82, 2.24) is 9.88 Å². The second kappa shape index (κ2) is 7.33. The summed E-state index contributed by atoms with van der Waals surface area (Å²) in [5.41, 5.74) is 1.38. The van der Waals surface area contributed by atoms with Crippen LogP contribution >= 0.6 is 23.2 Å². The topological polar surface area (TPSA) is 33.2 Å². The van der Waals surface area contributed by atoms with Crippen LogP contribution in [0.5, 0.6) is 0 Å². The first-order chi connectivity index (χ1) is 10.8. The fourth-order valence-corrected chi connectivity index (χ4v) is 2.71. The van der Waals surface area contributed by atoms with Crippen molar-refractivity contribution in [1.29, 1.82) is 0 Å². The standard InChI is InChI=1S/C18H20Cl2N2O/c1-18(2,3)17(23)22(11-13-5-4-8-21-10-13)12-14-6-7-15(19)9-16(14)20/h4-10H,11-12H2,1-3H3. The van der Waals surface area contributed by atoms with Gasteiger partial charge in [-0.1, -0.05) is 56.1 Å². The lowest BCUT2D eigenvalue weighted by Gasteiger charge is -2.30. The molecule has 0 spiro atoms. The Kier molecular flexibility index (Phi) is 5.66. The van der Waals surface area contributed by atoms with Crippen LogP contribution in [-0.2, 0) is 17.9 Å². The Morgan fingerprint density at radius 2 is 1.91 bits per heavy atom. The lowest BCUT2D eigenvalue weighted by atomic mass is 9.94. The Bertz CT molecular complexity index is 681. The molecule has 0 N–H and O–H groups in total. The molecule has 0 aliphatic rings. The minimum atomic E-state index is -0.471. The molecule has 1 aromatic heterocycles. The molecule has 5 heteroatoms. The largest absolute Gasteiger partial charge is 0.333 e. The quantitative estimate of drug-likeness (QED) is 0.780. The molecule has 0 saturated carbocycles. The fraction of sp³-hybridized carbons (Fsp3) is 0.333. The molecule has 1 amide bonds. The Labute approximate surface area is 147 Å². The fourth-order valence-electron chi connectivity index (χ4n) is 2.24. The Morgan fingerprint density at radius 3 is 2.48 bits per heavy atom. The SMILES string of the molecule is CC(C)(C)C(=O)N(Cc1cccnc1)Cc1ccc(Cl)cc1Cl. The smallest absolute Gasteiger partial charge is 0.228 e. The van der Waals surface area contributed by atoms with Crippen molar-refractivity contribution in [3.8, 4) is 0 Å². The molecule has 122 valence electrons. The number of pyridine rings is 1. The molecule has 2 aromatic rings. The van der Waals surface area contributed by atoms with E-state index in [1.165, 1.54) is 0 Å². The number of nitrogens with zero attached hydrogens (tertiary/aromatic N) is 2. The summed E-state index contributed by atoms with van der Waals surface area (Å²) in [5, 5.41) is 1.15. The van der Waals surface area contributed by atoms with E-state index in [4.69, 9.17) is 23.2 Å². The van der Waals surface area contributed by atoms with Gasteiger partial charge in [0.15, 0.2) is 0 Å². The minimum Gasteiger partial charge on any atom is -0.333 e. The van der Waals surface area contributed by atoms with Gasteiger partial charge >= 0.3 is 0 Å². The van der Waals surface area contributed by atoms with Gasteiger partial charge in [0.05, 0.1) is 0 Å². The third-order valence-electron chi connectivity index (χ3n) is 3.40. The third-order valence-corrected chi connectivity index (χ3v) is 3.99. The molecule has 0 saturated heterocycles. The normalized spacial score (nSPS) is 11.3. The predicted octanol–water partition coefficient (Wildman–Crippen LogP) is 4.96.